The van der Waals surface area contributed by atoms with Crippen LogP contribution in [0.25, 0.3) is 27.8 Å². The molecule has 3 heterocycles. The van der Waals surface area contributed by atoms with Crippen LogP contribution in [0.15, 0.2) is 67.3 Å². The van der Waals surface area contributed by atoms with Crippen LogP contribution in [-0.2, 0) is 6.54 Å². The summed E-state index contributed by atoms with van der Waals surface area (Å²) in [6, 6.07) is 16.2. The molecule has 2 aromatic heterocycles. The first-order valence-electron chi connectivity index (χ1n) is 8.74. The van der Waals surface area contributed by atoms with Gasteiger partial charge in [-0.15, -0.1) is 0 Å². The van der Waals surface area contributed by atoms with Gasteiger partial charge in [0.05, 0.1) is 25.2 Å². The van der Waals surface area contributed by atoms with E-state index >= 15 is 0 Å². The molecule has 0 unspecified atom stereocenters. The van der Waals surface area contributed by atoms with Crippen molar-refractivity contribution in [2.75, 3.05) is 7.11 Å². The molecule has 1 amide bonds. The van der Waals surface area contributed by atoms with Crippen molar-refractivity contribution in [1.82, 2.24) is 14.7 Å². The Morgan fingerprint density at radius 2 is 1.81 bits per heavy atom. The fourth-order valence-electron chi connectivity index (χ4n) is 3.60. The van der Waals surface area contributed by atoms with E-state index in [4.69, 9.17) is 4.74 Å². The maximum Gasteiger partial charge on any atom is 0.251 e. The van der Waals surface area contributed by atoms with Crippen LogP contribution in [0, 0.1) is 0 Å². The van der Waals surface area contributed by atoms with Crippen molar-refractivity contribution in [2.24, 2.45) is 0 Å². The minimum atomic E-state index is 0.000494. The average molecular weight is 355 g/mol. The number of rotatable bonds is 3. The highest BCUT2D eigenvalue weighted by molar-refractivity contribution is 5.99. The number of ether oxygens (including phenoxy) is 1. The van der Waals surface area contributed by atoms with E-state index in [9.17, 15) is 4.79 Å². The molecule has 2 aromatic carbocycles. The fraction of sp³-hybridized carbons (Fsp3) is 0.0909. The summed E-state index contributed by atoms with van der Waals surface area (Å²) in [5.74, 6) is 0.829. The molecule has 0 atom stereocenters. The van der Waals surface area contributed by atoms with Crippen molar-refractivity contribution >= 4 is 11.4 Å². The third-order valence-corrected chi connectivity index (χ3v) is 5.04. The summed E-state index contributed by atoms with van der Waals surface area (Å²) in [5.41, 5.74) is 7.20. The number of benzene rings is 2. The lowest BCUT2D eigenvalue weighted by Gasteiger charge is -2.11. The van der Waals surface area contributed by atoms with E-state index in [0.29, 0.717) is 6.54 Å². The second kappa shape index (κ2) is 5.99. The predicted octanol–water partition coefficient (Wildman–Crippen LogP) is 3.92. The molecule has 27 heavy (non-hydrogen) atoms. The van der Waals surface area contributed by atoms with Gasteiger partial charge >= 0.3 is 0 Å². The van der Waals surface area contributed by atoms with Gasteiger partial charge in [0.2, 0.25) is 0 Å². The Bertz CT molecular complexity index is 1180. The van der Waals surface area contributed by atoms with Gasteiger partial charge in [-0.1, -0.05) is 18.2 Å². The highest BCUT2D eigenvalue weighted by atomic mass is 16.5. The minimum absolute atomic E-state index is 0.000494. The van der Waals surface area contributed by atoms with Gasteiger partial charge in [-0.3, -0.25) is 4.79 Å². The van der Waals surface area contributed by atoms with Gasteiger partial charge in [0.25, 0.3) is 5.91 Å². The Labute approximate surface area is 156 Å². The Kier molecular flexibility index (Phi) is 3.47. The summed E-state index contributed by atoms with van der Waals surface area (Å²) in [5, 5.41) is 2.87. The van der Waals surface area contributed by atoms with Crippen LogP contribution in [0.3, 0.4) is 0 Å². The number of fused-ring (bicyclic) bond motifs is 2. The Hall–Kier alpha value is -3.60. The van der Waals surface area contributed by atoms with Crippen molar-refractivity contribution in [3.63, 3.8) is 0 Å². The summed E-state index contributed by atoms with van der Waals surface area (Å²) < 4.78 is 7.30. The number of nitrogens with one attached hydrogen (secondary N) is 1. The molecule has 0 spiro atoms. The summed E-state index contributed by atoms with van der Waals surface area (Å²) in [6.07, 6.45) is 5.75. The summed E-state index contributed by atoms with van der Waals surface area (Å²) in [6.45, 7) is 0.584. The highest BCUT2D eigenvalue weighted by Gasteiger charge is 2.19. The van der Waals surface area contributed by atoms with Crippen LogP contribution in [0.5, 0.6) is 5.75 Å². The first-order valence-corrected chi connectivity index (χ1v) is 8.74. The first-order chi connectivity index (χ1) is 13.2. The number of amides is 1. The lowest BCUT2D eigenvalue weighted by atomic mass is 9.98. The number of hydrogen-bond acceptors (Lipinski definition) is 3. The molecular weight excluding hydrogens is 338 g/mol. The van der Waals surface area contributed by atoms with Crippen molar-refractivity contribution in [2.45, 2.75) is 6.54 Å². The molecule has 5 rings (SSSR count). The Morgan fingerprint density at radius 1 is 1.00 bits per heavy atom. The van der Waals surface area contributed by atoms with Crippen LogP contribution in [0.2, 0.25) is 0 Å². The van der Waals surface area contributed by atoms with E-state index in [2.05, 4.69) is 40.8 Å². The molecule has 1 aliphatic heterocycles. The molecule has 5 heteroatoms. The molecule has 1 N–H and O–H groups in total. The molecule has 0 saturated carbocycles. The van der Waals surface area contributed by atoms with Gasteiger partial charge in [-0.25, -0.2) is 4.98 Å². The first kappa shape index (κ1) is 15.6. The smallest absolute Gasteiger partial charge is 0.251 e. The van der Waals surface area contributed by atoms with E-state index < -0.39 is 0 Å². The topological polar surface area (TPSA) is 55.6 Å². The zero-order chi connectivity index (χ0) is 18.4. The molecule has 1 aliphatic rings. The number of imidazole rings is 1. The Morgan fingerprint density at radius 3 is 2.63 bits per heavy atom. The van der Waals surface area contributed by atoms with Gasteiger partial charge in [0, 0.05) is 23.9 Å². The number of hydrogen-bond donors (Lipinski definition) is 1. The normalized spacial score (nSPS) is 12.9. The second-order valence-corrected chi connectivity index (χ2v) is 6.61. The zero-order valence-corrected chi connectivity index (χ0v) is 14.8. The Balaban J connectivity index is 1.67. The van der Waals surface area contributed by atoms with Crippen LogP contribution in [0.4, 0.5) is 0 Å². The third kappa shape index (κ3) is 2.56. The molecular formula is C22H17N3O2. The van der Waals surface area contributed by atoms with E-state index in [0.717, 1.165) is 44.6 Å². The maximum atomic E-state index is 11.8. The minimum Gasteiger partial charge on any atom is -0.497 e. The number of pyridine rings is 1. The highest BCUT2D eigenvalue weighted by Crippen LogP contribution is 2.32. The quantitative estimate of drug-likeness (QED) is 0.606. The van der Waals surface area contributed by atoms with Crippen molar-refractivity contribution in [3.8, 4) is 28.0 Å². The van der Waals surface area contributed by atoms with Gasteiger partial charge in [0.1, 0.15) is 5.75 Å². The standard InChI is InChI=1S/C22H17N3O2/c1-27-18-5-2-14(3-6-18)20-9-17(12-25-13-23-11-21(20)25)15-4-7-19-16(8-15)10-24-22(19)26/h2-9,11-13H,10H2,1H3,(H,24,26). The number of methoxy groups -OCH3 is 1. The SMILES string of the molecule is COc1ccc(-c2cc(-c3ccc4c(c3)CNC4=O)cn3cncc23)cc1. The zero-order valence-electron chi connectivity index (χ0n) is 14.8. The monoisotopic (exact) mass is 355 g/mol. The van der Waals surface area contributed by atoms with Gasteiger partial charge < -0.3 is 14.5 Å². The van der Waals surface area contributed by atoms with Crippen LogP contribution in [0.1, 0.15) is 15.9 Å². The predicted molar refractivity (Wildman–Crippen MR) is 104 cm³/mol. The second-order valence-electron chi connectivity index (χ2n) is 6.61. The summed E-state index contributed by atoms with van der Waals surface area (Å²) in [4.78, 5) is 16.1. The molecule has 0 saturated heterocycles. The molecule has 132 valence electrons. The van der Waals surface area contributed by atoms with Crippen LogP contribution >= 0.6 is 0 Å². The number of aromatic nitrogens is 2. The van der Waals surface area contributed by atoms with Crippen molar-refractivity contribution in [1.29, 1.82) is 0 Å². The van der Waals surface area contributed by atoms with E-state index in [1.54, 1.807) is 7.11 Å². The van der Waals surface area contributed by atoms with E-state index in [1.165, 1.54) is 0 Å². The number of carbonyl (C=O) groups is 1. The van der Waals surface area contributed by atoms with E-state index in [1.807, 2.05) is 41.2 Å². The summed E-state index contributed by atoms with van der Waals surface area (Å²) >= 11 is 0. The van der Waals surface area contributed by atoms with Gasteiger partial charge in [-0.05, 0) is 52.6 Å². The lowest BCUT2D eigenvalue weighted by Crippen LogP contribution is -2.12. The van der Waals surface area contributed by atoms with E-state index in [-0.39, 0.29) is 5.91 Å². The average Bonchev–Trinajstić information content (AvgIpc) is 3.34. The van der Waals surface area contributed by atoms with Crippen LogP contribution in [-0.4, -0.2) is 22.4 Å². The molecule has 5 nitrogen and oxygen atoms in total. The number of nitrogens with zero attached hydrogens (tertiary/aromatic N) is 2. The van der Waals surface area contributed by atoms with Gasteiger partial charge in [0.15, 0.2) is 0 Å². The van der Waals surface area contributed by atoms with Crippen molar-refractivity contribution in [3.05, 3.63) is 78.4 Å². The fourth-order valence-corrected chi connectivity index (χ4v) is 3.60. The third-order valence-electron chi connectivity index (χ3n) is 5.04. The van der Waals surface area contributed by atoms with Crippen molar-refractivity contribution < 1.29 is 9.53 Å². The molecule has 0 bridgehead atoms. The lowest BCUT2D eigenvalue weighted by molar-refractivity contribution is 0.0966. The molecule has 0 radical (unpaired) electrons. The maximum absolute atomic E-state index is 11.8. The number of carbonyl (C=O) groups excluding carboxylic acids is 1. The largest absolute Gasteiger partial charge is 0.497 e. The molecule has 4 aromatic rings. The molecule has 0 aliphatic carbocycles. The molecule has 0 fully saturated rings. The van der Waals surface area contributed by atoms with Gasteiger partial charge in [-0.2, -0.15) is 0 Å². The summed E-state index contributed by atoms with van der Waals surface area (Å²) in [7, 11) is 1.66. The van der Waals surface area contributed by atoms with Crippen LogP contribution < -0.4 is 10.1 Å².